The highest BCUT2D eigenvalue weighted by atomic mass is 16.2. The fourth-order valence-corrected chi connectivity index (χ4v) is 4.97. The molecule has 34 heavy (non-hydrogen) atoms. The number of carbonyl (C=O) groups excluding carboxylic acids is 1. The molecule has 3 heterocycles. The Hall–Kier alpha value is -3.71. The van der Waals surface area contributed by atoms with Gasteiger partial charge in [0.05, 0.1) is 23.4 Å². The highest BCUT2D eigenvalue weighted by molar-refractivity contribution is 5.99. The molecular formula is C27H27N5O2. The SMILES string of the molecule is Cn1cc(-n2ncc3cc(N4C(=O)CC(NCC5CC5)C4c4ccccc4)ccc32)ccc1=O. The average molecular weight is 454 g/mol. The van der Waals surface area contributed by atoms with E-state index >= 15 is 0 Å². The third-order valence-corrected chi connectivity index (χ3v) is 6.97. The van der Waals surface area contributed by atoms with E-state index in [-0.39, 0.29) is 23.6 Å². The molecule has 4 aromatic rings. The number of benzene rings is 2. The number of rotatable bonds is 6. The Morgan fingerprint density at radius 1 is 1.00 bits per heavy atom. The van der Waals surface area contributed by atoms with Gasteiger partial charge in [0.25, 0.3) is 0 Å². The molecule has 0 spiro atoms. The molecule has 1 amide bonds. The van der Waals surface area contributed by atoms with Crippen molar-refractivity contribution in [2.75, 3.05) is 11.4 Å². The van der Waals surface area contributed by atoms with Gasteiger partial charge in [0.2, 0.25) is 11.5 Å². The second-order valence-electron chi connectivity index (χ2n) is 9.42. The molecule has 2 aromatic carbocycles. The van der Waals surface area contributed by atoms with E-state index in [0.29, 0.717) is 6.42 Å². The van der Waals surface area contributed by atoms with Crippen LogP contribution in [0.25, 0.3) is 16.6 Å². The number of nitrogens with one attached hydrogen (secondary N) is 1. The minimum atomic E-state index is -0.0631. The minimum Gasteiger partial charge on any atom is -0.316 e. The first kappa shape index (κ1) is 20.9. The van der Waals surface area contributed by atoms with Gasteiger partial charge >= 0.3 is 0 Å². The first-order chi connectivity index (χ1) is 16.6. The van der Waals surface area contributed by atoms with Gasteiger partial charge in [0, 0.05) is 42.8 Å². The van der Waals surface area contributed by atoms with E-state index in [4.69, 9.17) is 0 Å². The molecule has 2 aromatic heterocycles. The summed E-state index contributed by atoms with van der Waals surface area (Å²) in [6, 6.07) is 19.7. The van der Waals surface area contributed by atoms with E-state index < -0.39 is 0 Å². The maximum absolute atomic E-state index is 13.3. The van der Waals surface area contributed by atoms with Crippen LogP contribution in [-0.2, 0) is 11.8 Å². The molecule has 1 saturated heterocycles. The summed E-state index contributed by atoms with van der Waals surface area (Å²) in [5.74, 6) is 0.882. The Kier molecular flexibility index (Phi) is 5.07. The van der Waals surface area contributed by atoms with Gasteiger partial charge in [-0.3, -0.25) is 9.59 Å². The monoisotopic (exact) mass is 453 g/mol. The number of hydrogen-bond donors (Lipinski definition) is 1. The van der Waals surface area contributed by atoms with Gasteiger partial charge in [-0.05, 0) is 55.1 Å². The number of fused-ring (bicyclic) bond motifs is 1. The number of pyridine rings is 1. The van der Waals surface area contributed by atoms with Crippen molar-refractivity contribution in [3.8, 4) is 5.69 Å². The molecule has 1 saturated carbocycles. The predicted octanol–water partition coefficient (Wildman–Crippen LogP) is 3.57. The second-order valence-corrected chi connectivity index (χ2v) is 9.42. The molecule has 6 rings (SSSR count). The summed E-state index contributed by atoms with van der Waals surface area (Å²) < 4.78 is 3.36. The van der Waals surface area contributed by atoms with Crippen molar-refractivity contribution in [3.05, 3.63) is 89.0 Å². The number of carbonyl (C=O) groups is 1. The molecule has 1 aliphatic heterocycles. The van der Waals surface area contributed by atoms with E-state index in [1.807, 2.05) is 52.2 Å². The summed E-state index contributed by atoms with van der Waals surface area (Å²) in [6.07, 6.45) is 6.63. The van der Waals surface area contributed by atoms with Crippen molar-refractivity contribution in [1.29, 1.82) is 0 Å². The van der Waals surface area contributed by atoms with Gasteiger partial charge in [-0.1, -0.05) is 30.3 Å². The summed E-state index contributed by atoms with van der Waals surface area (Å²) in [7, 11) is 1.73. The van der Waals surface area contributed by atoms with Gasteiger partial charge < -0.3 is 14.8 Å². The van der Waals surface area contributed by atoms with Crippen LogP contribution in [0, 0.1) is 5.92 Å². The lowest BCUT2D eigenvalue weighted by atomic mass is 9.99. The zero-order chi connectivity index (χ0) is 23.2. The highest BCUT2D eigenvalue weighted by Gasteiger charge is 2.42. The quantitative estimate of drug-likeness (QED) is 0.485. The second kappa shape index (κ2) is 8.25. The van der Waals surface area contributed by atoms with Crippen LogP contribution in [0.3, 0.4) is 0 Å². The van der Waals surface area contributed by atoms with E-state index in [0.717, 1.165) is 40.3 Å². The smallest absolute Gasteiger partial charge is 0.250 e. The van der Waals surface area contributed by atoms with Crippen molar-refractivity contribution in [2.45, 2.75) is 31.3 Å². The summed E-state index contributed by atoms with van der Waals surface area (Å²) >= 11 is 0. The van der Waals surface area contributed by atoms with Crippen LogP contribution in [0.5, 0.6) is 0 Å². The molecule has 172 valence electrons. The third-order valence-electron chi connectivity index (χ3n) is 6.97. The number of nitrogens with zero attached hydrogens (tertiary/aromatic N) is 4. The molecule has 0 bridgehead atoms. The zero-order valence-electron chi connectivity index (χ0n) is 19.1. The molecule has 7 heteroatoms. The van der Waals surface area contributed by atoms with E-state index in [1.165, 1.54) is 12.8 Å². The molecule has 7 nitrogen and oxygen atoms in total. The Balaban J connectivity index is 1.37. The van der Waals surface area contributed by atoms with Gasteiger partial charge in [-0.2, -0.15) is 5.10 Å². The Bertz CT molecular complexity index is 1420. The first-order valence-corrected chi connectivity index (χ1v) is 11.8. The van der Waals surface area contributed by atoms with Crippen LogP contribution in [0.2, 0.25) is 0 Å². The largest absolute Gasteiger partial charge is 0.316 e. The minimum absolute atomic E-state index is 0.0522. The van der Waals surface area contributed by atoms with Crippen molar-refractivity contribution >= 4 is 22.5 Å². The zero-order valence-corrected chi connectivity index (χ0v) is 19.1. The number of aromatic nitrogens is 3. The molecule has 2 atom stereocenters. The molecule has 1 N–H and O–H groups in total. The van der Waals surface area contributed by atoms with Crippen molar-refractivity contribution in [3.63, 3.8) is 0 Å². The maximum Gasteiger partial charge on any atom is 0.250 e. The van der Waals surface area contributed by atoms with Crippen LogP contribution in [0.4, 0.5) is 5.69 Å². The number of aryl methyl sites for hydroxylation is 1. The summed E-state index contributed by atoms with van der Waals surface area (Å²) in [4.78, 5) is 27.0. The lowest BCUT2D eigenvalue weighted by Gasteiger charge is -2.29. The van der Waals surface area contributed by atoms with Crippen LogP contribution < -0.4 is 15.8 Å². The molecular weight excluding hydrogens is 426 g/mol. The Labute approximate surface area is 197 Å². The van der Waals surface area contributed by atoms with Crippen LogP contribution in [0.1, 0.15) is 30.9 Å². The first-order valence-electron chi connectivity index (χ1n) is 11.8. The lowest BCUT2D eigenvalue weighted by Crippen LogP contribution is -2.37. The van der Waals surface area contributed by atoms with Gasteiger partial charge in [-0.15, -0.1) is 0 Å². The predicted molar refractivity (Wildman–Crippen MR) is 132 cm³/mol. The van der Waals surface area contributed by atoms with Gasteiger partial charge in [0.1, 0.15) is 0 Å². The Morgan fingerprint density at radius 3 is 2.56 bits per heavy atom. The summed E-state index contributed by atoms with van der Waals surface area (Å²) in [5, 5.41) is 9.19. The lowest BCUT2D eigenvalue weighted by molar-refractivity contribution is -0.117. The number of hydrogen-bond acceptors (Lipinski definition) is 4. The highest BCUT2D eigenvalue weighted by Crippen LogP contribution is 2.39. The third kappa shape index (κ3) is 3.72. The number of amides is 1. The maximum atomic E-state index is 13.3. The normalized spacial score (nSPS) is 20.4. The fourth-order valence-electron chi connectivity index (χ4n) is 4.97. The van der Waals surface area contributed by atoms with Gasteiger partial charge in [0.15, 0.2) is 0 Å². The molecule has 2 fully saturated rings. The average Bonchev–Trinajstić information content (AvgIpc) is 3.49. The van der Waals surface area contributed by atoms with E-state index in [1.54, 1.807) is 29.9 Å². The molecule has 1 aliphatic carbocycles. The van der Waals surface area contributed by atoms with Gasteiger partial charge in [-0.25, -0.2) is 4.68 Å². The summed E-state index contributed by atoms with van der Waals surface area (Å²) in [6.45, 7) is 0.973. The summed E-state index contributed by atoms with van der Waals surface area (Å²) in [5.41, 5.74) is 3.69. The van der Waals surface area contributed by atoms with Crippen LogP contribution in [-0.4, -0.2) is 32.8 Å². The molecule has 2 unspecified atom stereocenters. The standard InChI is InChI=1S/C27H27N5O2/c1-30-17-22(10-12-25(30)33)32-24-11-9-21(13-20(24)16-29-32)31-26(34)14-23(28-15-18-7-8-18)27(31)19-5-3-2-4-6-19/h2-6,9-13,16-18,23,27-28H,7-8,14-15H2,1H3. The van der Waals surface area contributed by atoms with Crippen LogP contribution in [0.15, 0.2) is 77.9 Å². The topological polar surface area (TPSA) is 72.2 Å². The molecule has 2 aliphatic rings. The number of anilines is 1. The van der Waals surface area contributed by atoms with E-state index in [2.05, 4.69) is 22.5 Å². The van der Waals surface area contributed by atoms with E-state index in [9.17, 15) is 9.59 Å². The van der Waals surface area contributed by atoms with Crippen LogP contribution >= 0.6 is 0 Å². The van der Waals surface area contributed by atoms with Crippen molar-refractivity contribution in [1.82, 2.24) is 19.7 Å². The molecule has 0 radical (unpaired) electrons. The fraction of sp³-hybridized carbons (Fsp3) is 0.296. The Morgan fingerprint density at radius 2 is 1.79 bits per heavy atom. The van der Waals surface area contributed by atoms with Crippen molar-refractivity contribution < 1.29 is 4.79 Å². The van der Waals surface area contributed by atoms with Crippen molar-refractivity contribution in [2.24, 2.45) is 13.0 Å².